The van der Waals surface area contributed by atoms with Crippen molar-refractivity contribution in [3.05, 3.63) is 48.0 Å². The van der Waals surface area contributed by atoms with Crippen molar-refractivity contribution in [2.75, 3.05) is 6.54 Å². The van der Waals surface area contributed by atoms with Crippen LogP contribution in [0.15, 0.2) is 41.7 Å². The molecule has 0 spiro atoms. The fourth-order valence-corrected chi connectivity index (χ4v) is 4.88. The molecule has 0 bridgehead atoms. The molecule has 0 saturated carbocycles. The van der Waals surface area contributed by atoms with Crippen LogP contribution in [0, 0.1) is 13.8 Å². The second-order valence-corrected chi connectivity index (χ2v) is 8.16. The molecule has 0 amide bonds. The van der Waals surface area contributed by atoms with Crippen molar-refractivity contribution in [1.82, 2.24) is 13.9 Å². The van der Waals surface area contributed by atoms with Gasteiger partial charge in [-0.25, -0.2) is 13.4 Å². The predicted molar refractivity (Wildman–Crippen MR) is 89.7 cm³/mol. The first-order valence-corrected chi connectivity index (χ1v) is 9.48. The summed E-state index contributed by atoms with van der Waals surface area (Å²) in [7, 11) is -3.40. The Morgan fingerprint density at radius 2 is 1.96 bits per heavy atom. The molecule has 0 aliphatic carbocycles. The monoisotopic (exact) mass is 333 g/mol. The fraction of sp³-hybridized carbons (Fsp3) is 0.471. The van der Waals surface area contributed by atoms with E-state index in [-0.39, 0.29) is 6.04 Å². The number of nitrogens with zero attached hydrogens (tertiary/aromatic N) is 3. The Morgan fingerprint density at radius 3 is 2.61 bits per heavy atom. The molecule has 6 heteroatoms. The highest BCUT2D eigenvalue weighted by Crippen LogP contribution is 2.28. The molecule has 1 fully saturated rings. The number of hydrogen-bond acceptors (Lipinski definition) is 3. The van der Waals surface area contributed by atoms with E-state index in [2.05, 4.69) is 4.98 Å². The standard InChI is InChI=1S/C17H23N3O2S/c1-14-5-7-17(8-6-14)23(21,22)20-10-3-4-16(20)9-11-19-12-15(2)18-13-19/h5-8,12-13,16H,3-4,9-11H2,1-2H3. The quantitative estimate of drug-likeness (QED) is 0.845. The van der Waals surface area contributed by atoms with Crippen molar-refractivity contribution in [3.63, 3.8) is 0 Å². The van der Waals surface area contributed by atoms with Gasteiger partial charge in [0.05, 0.1) is 16.9 Å². The minimum atomic E-state index is -3.40. The summed E-state index contributed by atoms with van der Waals surface area (Å²) in [6.07, 6.45) is 6.48. The summed E-state index contributed by atoms with van der Waals surface area (Å²) in [5.74, 6) is 0. The normalized spacial score (nSPS) is 19.3. The van der Waals surface area contributed by atoms with Gasteiger partial charge in [-0.1, -0.05) is 17.7 Å². The van der Waals surface area contributed by atoms with Crippen LogP contribution >= 0.6 is 0 Å². The summed E-state index contributed by atoms with van der Waals surface area (Å²) in [4.78, 5) is 4.61. The Morgan fingerprint density at radius 1 is 1.22 bits per heavy atom. The van der Waals surface area contributed by atoms with Gasteiger partial charge < -0.3 is 4.57 Å². The van der Waals surface area contributed by atoms with Crippen molar-refractivity contribution in [2.24, 2.45) is 0 Å². The molecular formula is C17H23N3O2S. The van der Waals surface area contributed by atoms with Crippen molar-refractivity contribution in [1.29, 1.82) is 0 Å². The van der Waals surface area contributed by atoms with Gasteiger partial charge in [0.15, 0.2) is 0 Å². The lowest BCUT2D eigenvalue weighted by atomic mass is 10.1. The first-order valence-electron chi connectivity index (χ1n) is 8.04. The van der Waals surface area contributed by atoms with E-state index in [1.54, 1.807) is 16.4 Å². The molecule has 124 valence electrons. The predicted octanol–water partition coefficient (Wildman–Crippen LogP) is 2.74. The highest BCUT2D eigenvalue weighted by atomic mass is 32.2. The molecule has 3 rings (SSSR count). The van der Waals surface area contributed by atoms with Crippen LogP contribution < -0.4 is 0 Å². The van der Waals surface area contributed by atoms with Gasteiger partial charge in [-0.05, 0) is 45.2 Å². The van der Waals surface area contributed by atoms with Gasteiger partial charge in [-0.2, -0.15) is 4.31 Å². The summed E-state index contributed by atoms with van der Waals surface area (Å²) in [5, 5.41) is 0. The molecule has 0 N–H and O–H groups in total. The first kappa shape index (κ1) is 16.2. The molecule has 2 heterocycles. The molecule has 1 aromatic heterocycles. The summed E-state index contributed by atoms with van der Waals surface area (Å²) in [6, 6.07) is 7.20. The third-order valence-corrected chi connectivity index (χ3v) is 6.40. The van der Waals surface area contributed by atoms with Gasteiger partial charge in [0.2, 0.25) is 10.0 Å². The van der Waals surface area contributed by atoms with Crippen LogP contribution in [0.5, 0.6) is 0 Å². The zero-order chi connectivity index (χ0) is 16.4. The van der Waals surface area contributed by atoms with E-state index in [0.29, 0.717) is 11.4 Å². The van der Waals surface area contributed by atoms with Gasteiger partial charge in [-0.15, -0.1) is 0 Å². The maximum absolute atomic E-state index is 12.9. The van der Waals surface area contributed by atoms with Crippen LogP contribution in [-0.2, 0) is 16.6 Å². The van der Waals surface area contributed by atoms with Gasteiger partial charge in [-0.3, -0.25) is 0 Å². The van der Waals surface area contributed by atoms with E-state index in [4.69, 9.17) is 0 Å². The summed E-state index contributed by atoms with van der Waals surface area (Å²) in [5.41, 5.74) is 2.05. The van der Waals surface area contributed by atoms with Gasteiger partial charge in [0, 0.05) is 25.3 Å². The second-order valence-electron chi connectivity index (χ2n) is 6.27. The Labute approximate surface area is 138 Å². The van der Waals surface area contributed by atoms with E-state index in [0.717, 1.165) is 37.1 Å². The minimum absolute atomic E-state index is 0.0732. The lowest BCUT2D eigenvalue weighted by Crippen LogP contribution is -2.36. The largest absolute Gasteiger partial charge is 0.337 e. The molecular weight excluding hydrogens is 310 g/mol. The Kier molecular flexibility index (Phi) is 4.55. The molecule has 5 nitrogen and oxygen atoms in total. The topological polar surface area (TPSA) is 55.2 Å². The fourth-order valence-electron chi connectivity index (χ4n) is 3.15. The van der Waals surface area contributed by atoms with Crippen LogP contribution in [0.2, 0.25) is 0 Å². The summed E-state index contributed by atoms with van der Waals surface area (Å²) >= 11 is 0. The minimum Gasteiger partial charge on any atom is -0.337 e. The van der Waals surface area contributed by atoms with Crippen molar-refractivity contribution >= 4 is 10.0 Å². The zero-order valence-corrected chi connectivity index (χ0v) is 14.5. The average Bonchev–Trinajstić information content (AvgIpc) is 3.14. The van der Waals surface area contributed by atoms with Crippen molar-refractivity contribution < 1.29 is 8.42 Å². The second kappa shape index (κ2) is 6.45. The number of imidazole rings is 1. The zero-order valence-electron chi connectivity index (χ0n) is 13.6. The summed E-state index contributed by atoms with van der Waals surface area (Å²) in [6.45, 7) is 5.33. The molecule has 1 aromatic carbocycles. The molecule has 1 aliphatic heterocycles. The number of aromatic nitrogens is 2. The lowest BCUT2D eigenvalue weighted by molar-refractivity contribution is 0.356. The highest BCUT2D eigenvalue weighted by molar-refractivity contribution is 7.89. The van der Waals surface area contributed by atoms with Gasteiger partial charge in [0.1, 0.15) is 0 Å². The lowest BCUT2D eigenvalue weighted by Gasteiger charge is -2.24. The third kappa shape index (κ3) is 3.48. The molecule has 1 aliphatic rings. The SMILES string of the molecule is Cc1ccc(S(=O)(=O)N2CCCC2CCn2cnc(C)c2)cc1. The van der Waals surface area contributed by atoms with E-state index in [1.807, 2.05) is 43.1 Å². The van der Waals surface area contributed by atoms with Crippen LogP contribution in [0.25, 0.3) is 0 Å². The van der Waals surface area contributed by atoms with E-state index in [1.165, 1.54) is 0 Å². The summed E-state index contributed by atoms with van der Waals surface area (Å²) < 4.78 is 29.5. The van der Waals surface area contributed by atoms with Crippen LogP contribution in [-0.4, -0.2) is 34.9 Å². The smallest absolute Gasteiger partial charge is 0.243 e. The maximum Gasteiger partial charge on any atom is 0.243 e. The van der Waals surface area contributed by atoms with Crippen LogP contribution in [0.3, 0.4) is 0 Å². The molecule has 0 radical (unpaired) electrons. The van der Waals surface area contributed by atoms with Crippen LogP contribution in [0.4, 0.5) is 0 Å². The van der Waals surface area contributed by atoms with Gasteiger partial charge in [0.25, 0.3) is 0 Å². The van der Waals surface area contributed by atoms with Crippen LogP contribution in [0.1, 0.15) is 30.5 Å². The molecule has 2 aromatic rings. The van der Waals surface area contributed by atoms with E-state index >= 15 is 0 Å². The number of benzene rings is 1. The third-order valence-electron chi connectivity index (χ3n) is 4.43. The number of hydrogen-bond donors (Lipinski definition) is 0. The first-order chi connectivity index (χ1) is 11.0. The molecule has 1 saturated heterocycles. The van der Waals surface area contributed by atoms with Gasteiger partial charge >= 0.3 is 0 Å². The highest BCUT2D eigenvalue weighted by Gasteiger charge is 2.34. The number of rotatable bonds is 5. The Bertz CT molecular complexity index is 765. The molecule has 23 heavy (non-hydrogen) atoms. The number of aryl methyl sites for hydroxylation is 3. The molecule has 1 atom stereocenters. The van der Waals surface area contributed by atoms with E-state index < -0.39 is 10.0 Å². The Balaban J connectivity index is 1.73. The Hall–Kier alpha value is -1.66. The maximum atomic E-state index is 12.9. The average molecular weight is 333 g/mol. The van der Waals surface area contributed by atoms with Crippen molar-refractivity contribution in [3.8, 4) is 0 Å². The van der Waals surface area contributed by atoms with E-state index in [9.17, 15) is 8.42 Å². The number of sulfonamides is 1. The van der Waals surface area contributed by atoms with Crippen molar-refractivity contribution in [2.45, 2.75) is 50.6 Å². The molecule has 1 unspecified atom stereocenters.